The van der Waals surface area contributed by atoms with Crippen LogP contribution in [0.4, 0.5) is 0 Å². The Morgan fingerprint density at radius 2 is 1.85 bits per heavy atom. The van der Waals surface area contributed by atoms with E-state index in [1.807, 2.05) is 0 Å². The Kier molecular flexibility index (Phi) is 2.72. The second-order valence-electron chi connectivity index (χ2n) is 8.23. The fourth-order valence-corrected chi connectivity index (χ4v) is 5.73. The quantitative estimate of drug-likeness (QED) is 0.691. The first kappa shape index (κ1) is 14.1. The smallest absolute Gasteiger partial charge is 0.302 e. The molecule has 0 aliphatic heterocycles. The highest BCUT2D eigenvalue weighted by Gasteiger charge is 2.75. The van der Waals surface area contributed by atoms with Crippen LogP contribution >= 0.6 is 0 Å². The fourth-order valence-electron chi connectivity index (χ4n) is 5.73. The van der Waals surface area contributed by atoms with Gasteiger partial charge in [-0.15, -0.1) is 0 Å². The van der Waals surface area contributed by atoms with Crippen molar-refractivity contribution in [1.29, 1.82) is 0 Å². The molecule has 0 aromatic carbocycles. The summed E-state index contributed by atoms with van der Waals surface area (Å²) in [5.41, 5.74) is -0.412. The van der Waals surface area contributed by atoms with Crippen molar-refractivity contribution in [3.05, 3.63) is 0 Å². The van der Waals surface area contributed by atoms with Crippen molar-refractivity contribution in [2.45, 2.75) is 66.4 Å². The summed E-state index contributed by atoms with van der Waals surface area (Å²) < 4.78 is 5.78. The largest absolute Gasteiger partial charge is 0.462 e. The van der Waals surface area contributed by atoms with Crippen LogP contribution in [0.2, 0.25) is 0 Å². The van der Waals surface area contributed by atoms with Gasteiger partial charge in [0.2, 0.25) is 0 Å². The van der Waals surface area contributed by atoms with Crippen LogP contribution in [0, 0.1) is 28.1 Å². The molecule has 0 N–H and O–H groups in total. The van der Waals surface area contributed by atoms with Gasteiger partial charge in [0.15, 0.2) is 0 Å². The van der Waals surface area contributed by atoms with Gasteiger partial charge in [-0.25, -0.2) is 0 Å². The molecular formula is C17H26O3. The fraction of sp³-hybridized carbons (Fsp3) is 0.882. The Labute approximate surface area is 121 Å². The summed E-state index contributed by atoms with van der Waals surface area (Å²) in [6.45, 7) is 10.3. The Morgan fingerprint density at radius 3 is 2.45 bits per heavy atom. The Balaban J connectivity index is 2.15. The highest BCUT2D eigenvalue weighted by atomic mass is 16.5. The van der Waals surface area contributed by atoms with Crippen molar-refractivity contribution in [2.75, 3.05) is 0 Å². The molecule has 0 radical (unpaired) electrons. The molecule has 5 atom stereocenters. The number of rotatable bonds is 1. The maximum atomic E-state index is 12.8. The molecule has 3 heteroatoms. The summed E-state index contributed by atoms with van der Waals surface area (Å²) in [5, 5.41) is 0. The maximum Gasteiger partial charge on any atom is 0.302 e. The third kappa shape index (κ3) is 1.42. The monoisotopic (exact) mass is 278 g/mol. The van der Waals surface area contributed by atoms with Crippen LogP contribution in [-0.2, 0) is 14.3 Å². The van der Waals surface area contributed by atoms with Gasteiger partial charge in [-0.1, -0.05) is 27.7 Å². The van der Waals surface area contributed by atoms with Crippen LogP contribution in [0.5, 0.6) is 0 Å². The first-order valence-corrected chi connectivity index (χ1v) is 7.85. The number of Topliss-reactive ketones (excluding diaryl/α,β-unsaturated/α-hetero) is 1. The molecule has 3 nitrogen and oxygen atoms in total. The second kappa shape index (κ2) is 3.86. The molecule has 3 saturated carbocycles. The van der Waals surface area contributed by atoms with E-state index in [4.69, 9.17) is 4.74 Å². The number of carbonyl (C=O) groups excluding carboxylic acids is 2. The molecular weight excluding hydrogens is 252 g/mol. The molecule has 3 fully saturated rings. The first-order chi connectivity index (χ1) is 9.14. The summed E-state index contributed by atoms with van der Waals surface area (Å²) in [4.78, 5) is 24.4. The molecule has 0 aromatic heterocycles. The van der Waals surface area contributed by atoms with E-state index >= 15 is 0 Å². The zero-order chi connectivity index (χ0) is 14.9. The Hall–Kier alpha value is -0.860. The van der Waals surface area contributed by atoms with E-state index in [1.165, 1.54) is 6.92 Å². The number of hydrogen-bond acceptors (Lipinski definition) is 3. The molecule has 0 aromatic rings. The molecule has 0 heterocycles. The van der Waals surface area contributed by atoms with Crippen molar-refractivity contribution in [1.82, 2.24) is 0 Å². The lowest BCUT2D eigenvalue weighted by Gasteiger charge is -2.45. The molecule has 5 unspecified atom stereocenters. The standard InChI is InChI=1S/C17H26O3/c1-10(18)20-14-13-11-6-9-16(14,4)17(11,5)12(19)7-8-15(13,2)3/h11,13-14H,6-9H2,1-5H3. The first-order valence-electron chi connectivity index (χ1n) is 7.85. The number of ketones is 1. The number of esters is 1. The maximum absolute atomic E-state index is 12.8. The molecule has 4 bridgehead atoms. The van der Waals surface area contributed by atoms with Gasteiger partial charge in [0.1, 0.15) is 11.9 Å². The molecule has 0 saturated heterocycles. The van der Waals surface area contributed by atoms with E-state index in [0.717, 1.165) is 19.3 Å². The number of ether oxygens (including phenoxy) is 1. The summed E-state index contributed by atoms with van der Waals surface area (Å²) in [5.74, 6) is 0.885. The van der Waals surface area contributed by atoms with E-state index in [2.05, 4.69) is 27.7 Å². The minimum absolute atomic E-state index is 0.0659. The van der Waals surface area contributed by atoms with Gasteiger partial charge >= 0.3 is 5.97 Å². The van der Waals surface area contributed by atoms with Gasteiger partial charge in [0.05, 0.1) is 0 Å². The number of hydrogen-bond donors (Lipinski definition) is 0. The van der Waals surface area contributed by atoms with E-state index in [1.54, 1.807) is 0 Å². The normalized spacial score (nSPS) is 49.0. The van der Waals surface area contributed by atoms with Crippen molar-refractivity contribution in [3.8, 4) is 0 Å². The number of carbonyl (C=O) groups is 2. The van der Waals surface area contributed by atoms with E-state index in [0.29, 0.717) is 24.0 Å². The minimum atomic E-state index is -0.300. The SMILES string of the molecule is CC(=O)OC1C2C3CCC1(C)C3(C)C(=O)CCC2(C)C. The summed E-state index contributed by atoms with van der Waals surface area (Å²) in [6.07, 6.45) is 3.60. The van der Waals surface area contributed by atoms with E-state index in [-0.39, 0.29) is 28.3 Å². The molecule has 3 aliphatic rings. The van der Waals surface area contributed by atoms with Crippen molar-refractivity contribution >= 4 is 11.8 Å². The molecule has 112 valence electrons. The van der Waals surface area contributed by atoms with Crippen LogP contribution in [-0.4, -0.2) is 17.9 Å². The molecule has 3 rings (SSSR count). The van der Waals surface area contributed by atoms with Crippen molar-refractivity contribution < 1.29 is 14.3 Å². The molecule has 0 spiro atoms. The third-order valence-electron chi connectivity index (χ3n) is 7.06. The Bertz CT molecular complexity index is 481. The van der Waals surface area contributed by atoms with Gasteiger partial charge in [-0.05, 0) is 30.6 Å². The van der Waals surface area contributed by atoms with Crippen LogP contribution in [0.25, 0.3) is 0 Å². The molecule has 0 amide bonds. The minimum Gasteiger partial charge on any atom is -0.462 e. The topological polar surface area (TPSA) is 43.4 Å². The van der Waals surface area contributed by atoms with Crippen molar-refractivity contribution in [3.63, 3.8) is 0 Å². The van der Waals surface area contributed by atoms with E-state index < -0.39 is 0 Å². The predicted molar refractivity (Wildman–Crippen MR) is 76.0 cm³/mol. The average Bonchev–Trinajstić information content (AvgIpc) is 2.67. The average molecular weight is 278 g/mol. The highest BCUT2D eigenvalue weighted by Crippen LogP contribution is 2.73. The van der Waals surface area contributed by atoms with Gasteiger partial charge in [0, 0.05) is 30.1 Å². The molecule has 20 heavy (non-hydrogen) atoms. The van der Waals surface area contributed by atoms with Crippen LogP contribution < -0.4 is 0 Å². The Morgan fingerprint density at radius 1 is 1.20 bits per heavy atom. The van der Waals surface area contributed by atoms with Gasteiger partial charge in [0.25, 0.3) is 0 Å². The summed E-state index contributed by atoms with van der Waals surface area (Å²) in [6, 6.07) is 0. The lowest BCUT2D eigenvalue weighted by atomic mass is 9.62. The zero-order valence-electron chi connectivity index (χ0n) is 13.3. The van der Waals surface area contributed by atoms with Crippen LogP contribution in [0.3, 0.4) is 0 Å². The molecule has 3 aliphatic carbocycles. The van der Waals surface area contributed by atoms with Crippen LogP contribution in [0.1, 0.15) is 60.3 Å². The zero-order valence-corrected chi connectivity index (χ0v) is 13.3. The van der Waals surface area contributed by atoms with Gasteiger partial charge < -0.3 is 4.74 Å². The second-order valence-corrected chi connectivity index (χ2v) is 8.23. The van der Waals surface area contributed by atoms with Crippen LogP contribution in [0.15, 0.2) is 0 Å². The summed E-state index contributed by atoms with van der Waals surface area (Å²) in [7, 11) is 0. The van der Waals surface area contributed by atoms with Crippen molar-refractivity contribution in [2.24, 2.45) is 28.1 Å². The lowest BCUT2D eigenvalue weighted by Crippen LogP contribution is -2.48. The highest BCUT2D eigenvalue weighted by molar-refractivity contribution is 5.87. The van der Waals surface area contributed by atoms with Gasteiger partial charge in [-0.2, -0.15) is 0 Å². The summed E-state index contributed by atoms with van der Waals surface area (Å²) >= 11 is 0. The van der Waals surface area contributed by atoms with E-state index in [9.17, 15) is 9.59 Å². The van der Waals surface area contributed by atoms with Gasteiger partial charge in [-0.3, -0.25) is 9.59 Å². The third-order valence-corrected chi connectivity index (χ3v) is 7.06. The lowest BCUT2D eigenvalue weighted by molar-refractivity contribution is -0.165. The predicted octanol–water partition coefficient (Wildman–Crippen LogP) is 3.36.